The molecule has 0 amide bonds. The molecule has 1 aromatic heterocycles. The van der Waals surface area contributed by atoms with Crippen molar-refractivity contribution in [3.63, 3.8) is 0 Å². The maximum Gasteiger partial charge on any atom is 0.124 e. The molecule has 1 heterocycles. The molecule has 0 saturated heterocycles. The average Bonchev–Trinajstić information content (AvgIpc) is 3.17. The monoisotopic (exact) mass is 277 g/mol. The fraction of sp³-hybridized carbons (Fsp3) is 0.533. The van der Waals surface area contributed by atoms with E-state index in [1.807, 2.05) is 18.2 Å². The SMILES string of the molecule is CCC(C)NCc1nc2ccc(Cl)cc2n1C1CC1. The highest BCUT2D eigenvalue weighted by molar-refractivity contribution is 6.31. The number of fused-ring (bicyclic) bond motifs is 1. The van der Waals surface area contributed by atoms with Crippen LogP contribution in [0.15, 0.2) is 18.2 Å². The van der Waals surface area contributed by atoms with E-state index in [1.165, 1.54) is 18.4 Å². The number of benzene rings is 1. The van der Waals surface area contributed by atoms with Gasteiger partial charge in [0, 0.05) is 17.1 Å². The number of hydrogen-bond acceptors (Lipinski definition) is 2. The van der Waals surface area contributed by atoms with Crippen LogP contribution in [-0.4, -0.2) is 15.6 Å². The summed E-state index contributed by atoms with van der Waals surface area (Å²) in [7, 11) is 0. The third-order valence-corrected chi connectivity index (χ3v) is 4.09. The molecular formula is C15H20ClN3. The van der Waals surface area contributed by atoms with E-state index in [9.17, 15) is 0 Å². The number of hydrogen-bond donors (Lipinski definition) is 1. The summed E-state index contributed by atoms with van der Waals surface area (Å²) in [5.41, 5.74) is 2.23. The minimum absolute atomic E-state index is 0.524. The van der Waals surface area contributed by atoms with Crippen molar-refractivity contribution in [1.29, 1.82) is 0 Å². The lowest BCUT2D eigenvalue weighted by Crippen LogP contribution is -2.26. The molecule has 1 atom stereocenters. The maximum absolute atomic E-state index is 6.12. The van der Waals surface area contributed by atoms with Crippen LogP contribution in [0.2, 0.25) is 5.02 Å². The highest BCUT2D eigenvalue weighted by Gasteiger charge is 2.28. The molecule has 1 fully saturated rings. The Kier molecular flexibility index (Phi) is 3.50. The van der Waals surface area contributed by atoms with Gasteiger partial charge >= 0.3 is 0 Å². The molecule has 3 nitrogen and oxygen atoms in total. The van der Waals surface area contributed by atoms with Crippen LogP contribution in [0.5, 0.6) is 0 Å². The molecule has 1 aliphatic rings. The lowest BCUT2D eigenvalue weighted by molar-refractivity contribution is 0.511. The molecule has 1 unspecified atom stereocenters. The highest BCUT2D eigenvalue weighted by Crippen LogP contribution is 2.39. The van der Waals surface area contributed by atoms with Crippen LogP contribution < -0.4 is 5.32 Å². The molecule has 0 bridgehead atoms. The largest absolute Gasteiger partial charge is 0.324 e. The van der Waals surface area contributed by atoms with Crippen LogP contribution >= 0.6 is 11.6 Å². The van der Waals surface area contributed by atoms with Crippen LogP contribution in [0.1, 0.15) is 45.0 Å². The number of aromatic nitrogens is 2. The van der Waals surface area contributed by atoms with Crippen molar-refractivity contribution >= 4 is 22.6 Å². The van der Waals surface area contributed by atoms with Gasteiger partial charge in [0.1, 0.15) is 5.82 Å². The fourth-order valence-corrected chi connectivity index (χ4v) is 2.56. The quantitative estimate of drug-likeness (QED) is 0.898. The number of nitrogens with one attached hydrogen (secondary N) is 1. The predicted molar refractivity (Wildman–Crippen MR) is 79.6 cm³/mol. The topological polar surface area (TPSA) is 29.9 Å². The first kappa shape index (κ1) is 12.9. The van der Waals surface area contributed by atoms with Gasteiger partial charge in [0.25, 0.3) is 0 Å². The number of halogens is 1. The summed E-state index contributed by atoms with van der Waals surface area (Å²) < 4.78 is 2.37. The van der Waals surface area contributed by atoms with Gasteiger partial charge < -0.3 is 9.88 Å². The van der Waals surface area contributed by atoms with E-state index >= 15 is 0 Å². The van der Waals surface area contributed by atoms with Crippen molar-refractivity contribution in [2.75, 3.05) is 0 Å². The summed E-state index contributed by atoms with van der Waals surface area (Å²) in [5, 5.41) is 4.32. The smallest absolute Gasteiger partial charge is 0.124 e. The molecule has 2 aromatic rings. The zero-order chi connectivity index (χ0) is 13.4. The second-order valence-corrected chi connectivity index (χ2v) is 5.89. The molecule has 1 aromatic carbocycles. The van der Waals surface area contributed by atoms with Crippen LogP contribution in [-0.2, 0) is 6.54 Å². The average molecular weight is 278 g/mol. The summed E-state index contributed by atoms with van der Waals surface area (Å²) in [4.78, 5) is 4.76. The van der Waals surface area contributed by atoms with Crippen molar-refractivity contribution in [3.8, 4) is 0 Å². The van der Waals surface area contributed by atoms with Crippen LogP contribution in [0.25, 0.3) is 11.0 Å². The Bertz CT molecular complexity index is 586. The maximum atomic E-state index is 6.12. The van der Waals surface area contributed by atoms with E-state index in [1.54, 1.807) is 0 Å². The van der Waals surface area contributed by atoms with Gasteiger partial charge in [-0.3, -0.25) is 0 Å². The van der Waals surface area contributed by atoms with Gasteiger partial charge in [-0.1, -0.05) is 18.5 Å². The third kappa shape index (κ3) is 2.63. The first-order chi connectivity index (χ1) is 9.19. The Balaban J connectivity index is 1.96. The summed E-state index contributed by atoms with van der Waals surface area (Å²) in [5.74, 6) is 1.14. The van der Waals surface area contributed by atoms with Crippen molar-refractivity contribution < 1.29 is 0 Å². The predicted octanol–water partition coefficient (Wildman–Crippen LogP) is 3.91. The van der Waals surface area contributed by atoms with Gasteiger partial charge in [0.05, 0.1) is 17.6 Å². The minimum atomic E-state index is 0.524. The van der Waals surface area contributed by atoms with Gasteiger partial charge in [-0.15, -0.1) is 0 Å². The minimum Gasteiger partial charge on any atom is -0.324 e. The molecular weight excluding hydrogens is 258 g/mol. The Morgan fingerprint density at radius 3 is 2.95 bits per heavy atom. The summed E-state index contributed by atoms with van der Waals surface area (Å²) in [6.07, 6.45) is 3.65. The lowest BCUT2D eigenvalue weighted by atomic mass is 10.2. The second kappa shape index (κ2) is 5.14. The first-order valence-electron chi connectivity index (χ1n) is 7.08. The summed E-state index contributed by atoms with van der Waals surface area (Å²) in [6, 6.07) is 7.12. The normalized spacial score (nSPS) is 17.0. The van der Waals surface area contributed by atoms with Crippen molar-refractivity contribution in [2.45, 2.75) is 51.7 Å². The molecule has 102 valence electrons. The summed E-state index contributed by atoms with van der Waals surface area (Å²) >= 11 is 6.12. The van der Waals surface area contributed by atoms with E-state index < -0.39 is 0 Å². The van der Waals surface area contributed by atoms with Crippen LogP contribution in [0, 0.1) is 0 Å². The van der Waals surface area contributed by atoms with Gasteiger partial charge in [-0.2, -0.15) is 0 Å². The number of rotatable bonds is 5. The molecule has 1 aliphatic carbocycles. The van der Waals surface area contributed by atoms with E-state index in [0.717, 1.165) is 29.3 Å². The van der Waals surface area contributed by atoms with Crippen molar-refractivity contribution in [1.82, 2.24) is 14.9 Å². The molecule has 0 aliphatic heterocycles. The van der Waals surface area contributed by atoms with Gasteiger partial charge in [-0.05, 0) is 44.4 Å². The lowest BCUT2D eigenvalue weighted by Gasteiger charge is -2.12. The standard InChI is InChI=1S/C15H20ClN3/c1-3-10(2)17-9-15-18-13-7-4-11(16)8-14(13)19(15)12-5-6-12/h4,7-8,10,12,17H,3,5-6,9H2,1-2H3. The summed E-state index contributed by atoms with van der Waals surface area (Å²) in [6.45, 7) is 5.24. The Labute approximate surface area is 119 Å². The van der Waals surface area contributed by atoms with E-state index in [2.05, 4.69) is 23.7 Å². The van der Waals surface area contributed by atoms with Crippen molar-refractivity contribution in [2.24, 2.45) is 0 Å². The molecule has 3 rings (SSSR count). The molecule has 4 heteroatoms. The second-order valence-electron chi connectivity index (χ2n) is 5.45. The van der Waals surface area contributed by atoms with Crippen LogP contribution in [0.4, 0.5) is 0 Å². The van der Waals surface area contributed by atoms with Crippen molar-refractivity contribution in [3.05, 3.63) is 29.0 Å². The van der Waals surface area contributed by atoms with E-state index in [-0.39, 0.29) is 0 Å². The number of nitrogens with zero attached hydrogens (tertiary/aromatic N) is 2. The third-order valence-electron chi connectivity index (χ3n) is 3.86. The molecule has 1 N–H and O–H groups in total. The zero-order valence-electron chi connectivity index (χ0n) is 11.5. The van der Waals surface area contributed by atoms with Crippen LogP contribution in [0.3, 0.4) is 0 Å². The fourth-order valence-electron chi connectivity index (χ4n) is 2.39. The first-order valence-corrected chi connectivity index (χ1v) is 7.46. The Morgan fingerprint density at radius 1 is 1.47 bits per heavy atom. The Morgan fingerprint density at radius 2 is 2.26 bits per heavy atom. The highest BCUT2D eigenvalue weighted by atomic mass is 35.5. The van der Waals surface area contributed by atoms with E-state index in [4.69, 9.17) is 16.6 Å². The zero-order valence-corrected chi connectivity index (χ0v) is 12.2. The molecule has 19 heavy (non-hydrogen) atoms. The molecule has 0 spiro atoms. The molecule has 0 radical (unpaired) electrons. The van der Waals surface area contributed by atoms with Gasteiger partial charge in [0.15, 0.2) is 0 Å². The van der Waals surface area contributed by atoms with E-state index in [0.29, 0.717) is 12.1 Å². The van der Waals surface area contributed by atoms with Gasteiger partial charge in [0.2, 0.25) is 0 Å². The van der Waals surface area contributed by atoms with Gasteiger partial charge in [-0.25, -0.2) is 4.98 Å². The number of imidazole rings is 1. The molecule has 1 saturated carbocycles. The Hall–Kier alpha value is -1.06.